The minimum atomic E-state index is 0.317. The predicted molar refractivity (Wildman–Crippen MR) is 72.8 cm³/mol. The number of nitrogens with zero attached hydrogens (tertiary/aromatic N) is 1. The van der Waals surface area contributed by atoms with E-state index in [1.807, 2.05) is 24.3 Å². The van der Waals surface area contributed by atoms with Crippen molar-refractivity contribution in [2.45, 2.75) is 26.0 Å². The van der Waals surface area contributed by atoms with Crippen molar-refractivity contribution in [3.8, 4) is 5.75 Å². The van der Waals surface area contributed by atoms with E-state index < -0.39 is 0 Å². The van der Waals surface area contributed by atoms with Crippen molar-refractivity contribution in [1.82, 2.24) is 4.90 Å². The summed E-state index contributed by atoms with van der Waals surface area (Å²) in [6, 6.07) is 7.99. The van der Waals surface area contributed by atoms with Gasteiger partial charge in [0, 0.05) is 24.8 Å². The monoisotopic (exact) mass is 250 g/mol. The highest BCUT2D eigenvalue weighted by Crippen LogP contribution is 2.14. The van der Waals surface area contributed by atoms with Crippen molar-refractivity contribution in [3.63, 3.8) is 0 Å². The third-order valence-electron chi connectivity index (χ3n) is 3.26. The van der Waals surface area contributed by atoms with Gasteiger partial charge in [0.2, 0.25) is 0 Å². The molecule has 1 aliphatic rings. The van der Waals surface area contributed by atoms with E-state index >= 15 is 0 Å². The number of morpholine rings is 1. The van der Waals surface area contributed by atoms with Gasteiger partial charge in [-0.1, -0.05) is 0 Å². The summed E-state index contributed by atoms with van der Waals surface area (Å²) >= 11 is 0. The van der Waals surface area contributed by atoms with Gasteiger partial charge in [0.1, 0.15) is 12.4 Å². The fourth-order valence-electron chi connectivity index (χ4n) is 2.13. The molecule has 0 bridgehead atoms. The first-order chi connectivity index (χ1) is 8.65. The Balaban J connectivity index is 1.76. The maximum Gasteiger partial charge on any atom is 0.119 e. The van der Waals surface area contributed by atoms with Gasteiger partial charge in [0.05, 0.1) is 12.7 Å². The normalized spacial score (nSPS) is 25.0. The number of benzene rings is 1. The molecule has 0 aliphatic carbocycles. The van der Waals surface area contributed by atoms with Crippen LogP contribution in [-0.4, -0.2) is 43.3 Å². The summed E-state index contributed by atoms with van der Waals surface area (Å²) in [5.74, 6) is 0.873. The van der Waals surface area contributed by atoms with Crippen LogP contribution >= 0.6 is 0 Å². The second-order valence-electron chi connectivity index (χ2n) is 4.91. The lowest BCUT2D eigenvalue weighted by molar-refractivity contribution is -0.0522. The minimum Gasteiger partial charge on any atom is -0.492 e. The van der Waals surface area contributed by atoms with E-state index in [1.54, 1.807) is 0 Å². The maximum atomic E-state index is 5.71. The molecule has 0 spiro atoms. The minimum absolute atomic E-state index is 0.317. The molecule has 4 heteroatoms. The molecular weight excluding hydrogens is 228 g/mol. The second-order valence-corrected chi connectivity index (χ2v) is 4.91. The van der Waals surface area contributed by atoms with Gasteiger partial charge in [0.15, 0.2) is 0 Å². The van der Waals surface area contributed by atoms with Gasteiger partial charge in [-0.3, -0.25) is 4.90 Å². The number of nitrogen functional groups attached to an aromatic ring is 1. The predicted octanol–water partition coefficient (Wildman–Crippen LogP) is 1.76. The first-order valence-corrected chi connectivity index (χ1v) is 6.49. The summed E-state index contributed by atoms with van der Waals surface area (Å²) < 4.78 is 11.3. The number of nitrogens with two attached hydrogens (primary N) is 1. The number of hydrogen-bond acceptors (Lipinski definition) is 4. The summed E-state index contributed by atoms with van der Waals surface area (Å²) in [5.41, 5.74) is 6.39. The molecule has 1 aliphatic heterocycles. The van der Waals surface area contributed by atoms with Crippen LogP contribution in [0.15, 0.2) is 24.3 Å². The number of rotatable bonds is 4. The third kappa shape index (κ3) is 3.62. The van der Waals surface area contributed by atoms with Crippen LogP contribution in [0.2, 0.25) is 0 Å². The first-order valence-electron chi connectivity index (χ1n) is 6.49. The standard InChI is InChI=1S/C14H22N2O2/c1-11-10-18-12(2)9-16(11)7-8-17-14-5-3-13(15)4-6-14/h3-6,11-12H,7-10,15H2,1-2H3. The van der Waals surface area contributed by atoms with Crippen LogP contribution in [0.25, 0.3) is 0 Å². The summed E-state index contributed by atoms with van der Waals surface area (Å²) in [4.78, 5) is 2.41. The largest absolute Gasteiger partial charge is 0.492 e. The molecule has 18 heavy (non-hydrogen) atoms. The van der Waals surface area contributed by atoms with E-state index in [-0.39, 0.29) is 0 Å². The Labute approximate surface area is 109 Å². The van der Waals surface area contributed by atoms with E-state index in [0.717, 1.165) is 31.1 Å². The van der Waals surface area contributed by atoms with Crippen molar-refractivity contribution in [2.24, 2.45) is 0 Å². The summed E-state index contributed by atoms with van der Waals surface area (Å²) in [5, 5.41) is 0. The Morgan fingerprint density at radius 1 is 1.33 bits per heavy atom. The molecule has 1 heterocycles. The van der Waals surface area contributed by atoms with E-state index in [0.29, 0.717) is 18.8 Å². The van der Waals surface area contributed by atoms with Gasteiger partial charge in [0.25, 0.3) is 0 Å². The fourth-order valence-corrected chi connectivity index (χ4v) is 2.13. The molecule has 1 aromatic carbocycles. The van der Waals surface area contributed by atoms with E-state index in [9.17, 15) is 0 Å². The maximum absolute atomic E-state index is 5.71. The lowest BCUT2D eigenvalue weighted by atomic mass is 10.2. The van der Waals surface area contributed by atoms with Gasteiger partial charge in [-0.05, 0) is 38.1 Å². The van der Waals surface area contributed by atoms with Gasteiger partial charge in [-0.2, -0.15) is 0 Å². The molecule has 1 saturated heterocycles. The molecule has 0 radical (unpaired) electrons. The summed E-state index contributed by atoms with van der Waals surface area (Å²) in [6.07, 6.45) is 0.317. The highest BCUT2D eigenvalue weighted by Gasteiger charge is 2.22. The SMILES string of the molecule is CC1CN(CCOc2ccc(N)cc2)C(C)CO1. The second kappa shape index (κ2) is 6.07. The van der Waals surface area contributed by atoms with Gasteiger partial charge >= 0.3 is 0 Å². The van der Waals surface area contributed by atoms with Crippen molar-refractivity contribution >= 4 is 5.69 Å². The van der Waals surface area contributed by atoms with Gasteiger partial charge in [-0.25, -0.2) is 0 Å². The zero-order valence-electron chi connectivity index (χ0n) is 11.1. The zero-order valence-corrected chi connectivity index (χ0v) is 11.1. The Kier molecular flexibility index (Phi) is 4.44. The molecule has 1 aromatic rings. The molecule has 0 amide bonds. The van der Waals surface area contributed by atoms with Crippen molar-refractivity contribution in [2.75, 3.05) is 32.0 Å². The van der Waals surface area contributed by atoms with Crippen molar-refractivity contribution in [3.05, 3.63) is 24.3 Å². The Morgan fingerprint density at radius 2 is 2.06 bits per heavy atom. The van der Waals surface area contributed by atoms with Crippen LogP contribution in [0.1, 0.15) is 13.8 Å². The van der Waals surface area contributed by atoms with Crippen LogP contribution in [0.4, 0.5) is 5.69 Å². The zero-order chi connectivity index (χ0) is 13.0. The van der Waals surface area contributed by atoms with Crippen LogP contribution in [0.3, 0.4) is 0 Å². The molecule has 2 N–H and O–H groups in total. The highest BCUT2D eigenvalue weighted by atomic mass is 16.5. The van der Waals surface area contributed by atoms with Gasteiger partial charge in [-0.15, -0.1) is 0 Å². The molecule has 0 saturated carbocycles. The lowest BCUT2D eigenvalue weighted by Gasteiger charge is -2.36. The fraction of sp³-hybridized carbons (Fsp3) is 0.571. The van der Waals surface area contributed by atoms with Crippen LogP contribution in [0.5, 0.6) is 5.75 Å². The van der Waals surface area contributed by atoms with Crippen LogP contribution in [0, 0.1) is 0 Å². The highest BCUT2D eigenvalue weighted by molar-refractivity contribution is 5.41. The summed E-state index contributed by atoms with van der Waals surface area (Å²) in [7, 11) is 0. The molecule has 1 fully saturated rings. The number of anilines is 1. The number of hydrogen-bond donors (Lipinski definition) is 1. The first kappa shape index (κ1) is 13.2. The van der Waals surface area contributed by atoms with Crippen molar-refractivity contribution in [1.29, 1.82) is 0 Å². The average molecular weight is 250 g/mol. The number of ether oxygens (including phenoxy) is 2. The van der Waals surface area contributed by atoms with E-state index in [4.69, 9.17) is 15.2 Å². The van der Waals surface area contributed by atoms with Crippen molar-refractivity contribution < 1.29 is 9.47 Å². The van der Waals surface area contributed by atoms with Gasteiger partial charge < -0.3 is 15.2 Å². The Bertz CT molecular complexity index is 367. The smallest absolute Gasteiger partial charge is 0.119 e. The lowest BCUT2D eigenvalue weighted by Crippen LogP contribution is -2.48. The molecule has 2 rings (SSSR count). The molecule has 0 aromatic heterocycles. The topological polar surface area (TPSA) is 47.7 Å². The molecule has 100 valence electrons. The molecule has 4 nitrogen and oxygen atoms in total. The Hall–Kier alpha value is -1.26. The quantitative estimate of drug-likeness (QED) is 0.827. The molecule has 2 unspecified atom stereocenters. The third-order valence-corrected chi connectivity index (χ3v) is 3.26. The van der Waals surface area contributed by atoms with Crippen LogP contribution in [-0.2, 0) is 4.74 Å². The van der Waals surface area contributed by atoms with Crippen LogP contribution < -0.4 is 10.5 Å². The Morgan fingerprint density at radius 3 is 2.78 bits per heavy atom. The average Bonchev–Trinajstić information content (AvgIpc) is 2.36. The van der Waals surface area contributed by atoms with E-state index in [1.165, 1.54) is 0 Å². The van der Waals surface area contributed by atoms with E-state index in [2.05, 4.69) is 18.7 Å². The molecule has 2 atom stereocenters. The summed E-state index contributed by atoms with van der Waals surface area (Å²) in [6.45, 7) is 7.71. The molecular formula is C14H22N2O2.